The van der Waals surface area contributed by atoms with Crippen LogP contribution in [0.1, 0.15) is 31.2 Å². The maximum atomic E-state index is 13.6. The average Bonchev–Trinajstić information content (AvgIpc) is 2.66. The van der Waals surface area contributed by atoms with E-state index in [1.165, 1.54) is 6.07 Å². The van der Waals surface area contributed by atoms with Crippen LogP contribution in [-0.2, 0) is 0 Å². The van der Waals surface area contributed by atoms with Crippen molar-refractivity contribution >= 4 is 23.5 Å². The zero-order valence-corrected chi connectivity index (χ0v) is 16.5. The summed E-state index contributed by atoms with van der Waals surface area (Å²) in [6.07, 6.45) is 5.31. The topological polar surface area (TPSA) is 82.2 Å². The molecule has 7 nitrogen and oxygen atoms in total. The number of aryl methyl sites for hydroxylation is 1. The molecule has 2 aromatic rings. The van der Waals surface area contributed by atoms with Crippen molar-refractivity contribution in [1.29, 1.82) is 0 Å². The van der Waals surface area contributed by atoms with Crippen molar-refractivity contribution in [3.8, 4) is 0 Å². The number of nitrogens with zero attached hydrogens (tertiary/aromatic N) is 3. The van der Waals surface area contributed by atoms with Gasteiger partial charge in [0.15, 0.2) is 0 Å². The third-order valence-electron chi connectivity index (χ3n) is 4.89. The van der Waals surface area contributed by atoms with Crippen molar-refractivity contribution in [2.24, 2.45) is 0 Å². The Morgan fingerprint density at radius 2 is 1.82 bits per heavy atom. The minimum atomic E-state index is -0.444. The third kappa shape index (κ3) is 5.09. The molecule has 0 atom stereocenters. The summed E-state index contributed by atoms with van der Waals surface area (Å²) in [4.78, 5) is 23.0. The molecule has 1 aromatic carbocycles. The molecular weight excluding hydrogens is 359 g/mol. The van der Waals surface area contributed by atoms with Crippen LogP contribution >= 0.6 is 0 Å². The highest BCUT2D eigenvalue weighted by Crippen LogP contribution is 2.23. The number of halogens is 1. The van der Waals surface area contributed by atoms with Crippen molar-refractivity contribution in [2.45, 2.75) is 44.7 Å². The third-order valence-corrected chi connectivity index (χ3v) is 4.89. The SMILES string of the molecule is Cc1cnc(NC2CCC(NC(=O)Nc3ccccc3F)CC2)nc1N(C)C. The molecule has 1 aliphatic carbocycles. The summed E-state index contributed by atoms with van der Waals surface area (Å²) in [5.74, 6) is 1.08. The Morgan fingerprint density at radius 3 is 2.50 bits per heavy atom. The maximum absolute atomic E-state index is 13.6. The summed E-state index contributed by atoms with van der Waals surface area (Å²) in [5, 5.41) is 8.89. The van der Waals surface area contributed by atoms with Crippen LogP contribution in [0.25, 0.3) is 0 Å². The maximum Gasteiger partial charge on any atom is 0.319 e. The first-order chi connectivity index (χ1) is 13.4. The van der Waals surface area contributed by atoms with Gasteiger partial charge in [0, 0.05) is 37.9 Å². The van der Waals surface area contributed by atoms with Crippen molar-refractivity contribution in [3.05, 3.63) is 41.8 Å². The summed E-state index contributed by atoms with van der Waals surface area (Å²) in [5.41, 5.74) is 1.22. The molecule has 28 heavy (non-hydrogen) atoms. The van der Waals surface area contributed by atoms with Crippen LogP contribution in [0.5, 0.6) is 0 Å². The zero-order chi connectivity index (χ0) is 20.1. The molecule has 1 heterocycles. The lowest BCUT2D eigenvalue weighted by molar-refractivity contribution is 0.243. The Bertz CT molecular complexity index is 820. The highest BCUT2D eigenvalue weighted by Gasteiger charge is 2.23. The van der Waals surface area contributed by atoms with E-state index in [-0.39, 0.29) is 23.8 Å². The first-order valence-corrected chi connectivity index (χ1v) is 9.52. The Balaban J connectivity index is 1.47. The molecule has 1 saturated carbocycles. The molecule has 0 radical (unpaired) electrons. The lowest BCUT2D eigenvalue weighted by Crippen LogP contribution is -2.42. The fourth-order valence-corrected chi connectivity index (χ4v) is 3.43. The highest BCUT2D eigenvalue weighted by atomic mass is 19.1. The largest absolute Gasteiger partial charge is 0.362 e. The van der Waals surface area contributed by atoms with Gasteiger partial charge in [-0.1, -0.05) is 12.1 Å². The average molecular weight is 386 g/mol. The number of anilines is 3. The molecule has 150 valence electrons. The summed E-state index contributed by atoms with van der Waals surface area (Å²) in [7, 11) is 3.92. The van der Waals surface area contributed by atoms with E-state index >= 15 is 0 Å². The van der Waals surface area contributed by atoms with Crippen molar-refractivity contribution in [2.75, 3.05) is 29.6 Å². The van der Waals surface area contributed by atoms with E-state index < -0.39 is 5.82 Å². The molecule has 0 unspecified atom stereocenters. The number of aromatic nitrogens is 2. The second kappa shape index (κ2) is 8.86. The molecule has 0 bridgehead atoms. The summed E-state index contributed by atoms with van der Waals surface area (Å²) in [6, 6.07) is 6.10. The van der Waals surface area contributed by atoms with Gasteiger partial charge in [0.05, 0.1) is 5.69 Å². The molecule has 0 saturated heterocycles. The number of benzene rings is 1. The predicted octanol–water partition coefficient (Wildman–Crippen LogP) is 3.53. The molecule has 0 aliphatic heterocycles. The molecule has 0 spiro atoms. The number of hydrogen-bond acceptors (Lipinski definition) is 5. The Kier molecular flexibility index (Phi) is 6.28. The van der Waals surface area contributed by atoms with Gasteiger partial charge in [0.25, 0.3) is 0 Å². The standard InChI is InChI=1S/C20H27FN6O/c1-13-12-22-19(26-18(13)27(2)3)23-14-8-10-15(11-9-14)24-20(28)25-17-7-5-4-6-16(17)21/h4-7,12,14-15H,8-11H2,1-3H3,(H,22,23,26)(H2,24,25,28). The molecule has 2 amide bonds. The molecule has 3 N–H and O–H groups in total. The van der Waals surface area contributed by atoms with Gasteiger partial charge in [0.2, 0.25) is 5.95 Å². The van der Waals surface area contributed by atoms with Gasteiger partial charge in [0.1, 0.15) is 11.6 Å². The van der Waals surface area contributed by atoms with Gasteiger partial charge < -0.3 is 20.9 Å². The summed E-state index contributed by atoms with van der Waals surface area (Å²) < 4.78 is 13.6. The molecule has 1 aromatic heterocycles. The first-order valence-electron chi connectivity index (χ1n) is 9.52. The molecule has 1 aliphatic rings. The Hall–Kier alpha value is -2.90. The lowest BCUT2D eigenvalue weighted by Gasteiger charge is -2.30. The minimum absolute atomic E-state index is 0.0705. The van der Waals surface area contributed by atoms with Gasteiger partial charge >= 0.3 is 6.03 Å². The van der Waals surface area contributed by atoms with E-state index in [1.54, 1.807) is 18.2 Å². The van der Waals surface area contributed by atoms with Crippen LogP contribution in [0.3, 0.4) is 0 Å². The Morgan fingerprint density at radius 1 is 1.14 bits per heavy atom. The molecule has 3 rings (SSSR count). The van der Waals surface area contributed by atoms with E-state index in [9.17, 15) is 9.18 Å². The van der Waals surface area contributed by atoms with Crippen LogP contribution in [0.2, 0.25) is 0 Å². The highest BCUT2D eigenvalue weighted by molar-refractivity contribution is 5.89. The number of amides is 2. The van der Waals surface area contributed by atoms with E-state index in [1.807, 2.05) is 32.1 Å². The van der Waals surface area contributed by atoms with Gasteiger partial charge in [-0.3, -0.25) is 0 Å². The van der Waals surface area contributed by atoms with E-state index in [0.29, 0.717) is 5.95 Å². The predicted molar refractivity (Wildman–Crippen MR) is 109 cm³/mol. The van der Waals surface area contributed by atoms with E-state index in [2.05, 4.69) is 25.9 Å². The fraction of sp³-hybridized carbons (Fsp3) is 0.450. The van der Waals surface area contributed by atoms with Crippen molar-refractivity contribution < 1.29 is 9.18 Å². The number of carbonyl (C=O) groups is 1. The summed E-state index contributed by atoms with van der Waals surface area (Å²) in [6.45, 7) is 1.99. The van der Waals surface area contributed by atoms with Gasteiger partial charge in [-0.2, -0.15) is 4.98 Å². The number of urea groups is 1. The lowest BCUT2D eigenvalue weighted by atomic mass is 9.91. The first kappa shape index (κ1) is 19.9. The monoisotopic (exact) mass is 386 g/mol. The number of rotatable bonds is 5. The second-order valence-electron chi connectivity index (χ2n) is 7.37. The molecule has 8 heteroatoms. The normalized spacial score (nSPS) is 19.0. The second-order valence-corrected chi connectivity index (χ2v) is 7.37. The molecule has 1 fully saturated rings. The van der Waals surface area contributed by atoms with E-state index in [0.717, 1.165) is 37.1 Å². The van der Waals surface area contributed by atoms with Gasteiger partial charge in [-0.05, 0) is 44.7 Å². The van der Waals surface area contributed by atoms with Crippen LogP contribution in [0.4, 0.5) is 26.6 Å². The number of nitrogens with one attached hydrogen (secondary N) is 3. The number of para-hydroxylation sites is 1. The minimum Gasteiger partial charge on any atom is -0.362 e. The van der Waals surface area contributed by atoms with Crippen molar-refractivity contribution in [3.63, 3.8) is 0 Å². The van der Waals surface area contributed by atoms with Crippen molar-refractivity contribution in [1.82, 2.24) is 15.3 Å². The zero-order valence-electron chi connectivity index (χ0n) is 16.5. The summed E-state index contributed by atoms with van der Waals surface area (Å²) >= 11 is 0. The molecular formula is C20H27FN6O. The van der Waals surface area contributed by atoms with Crippen LogP contribution < -0.4 is 20.9 Å². The smallest absolute Gasteiger partial charge is 0.319 e. The van der Waals surface area contributed by atoms with E-state index in [4.69, 9.17) is 0 Å². The van der Waals surface area contributed by atoms with Gasteiger partial charge in [-0.15, -0.1) is 0 Å². The van der Waals surface area contributed by atoms with Crippen LogP contribution in [0.15, 0.2) is 30.5 Å². The van der Waals surface area contributed by atoms with Crippen LogP contribution in [-0.4, -0.2) is 42.2 Å². The number of hydrogen-bond donors (Lipinski definition) is 3. The van der Waals surface area contributed by atoms with Crippen LogP contribution in [0, 0.1) is 12.7 Å². The van der Waals surface area contributed by atoms with Gasteiger partial charge in [-0.25, -0.2) is 14.2 Å². The quantitative estimate of drug-likeness (QED) is 0.732. The number of carbonyl (C=O) groups excluding carboxylic acids is 1. The fourth-order valence-electron chi connectivity index (χ4n) is 3.43. The Labute approximate surface area is 164 Å².